The van der Waals surface area contributed by atoms with E-state index in [9.17, 15) is 9.59 Å². The fourth-order valence-electron chi connectivity index (χ4n) is 5.88. The Morgan fingerprint density at radius 3 is 2.49 bits per heavy atom. The second-order valence-corrected chi connectivity index (χ2v) is 10.6. The average Bonchev–Trinajstić information content (AvgIpc) is 3.24. The van der Waals surface area contributed by atoms with Gasteiger partial charge in [0.15, 0.2) is 5.78 Å². The molecule has 1 aromatic rings. The SMILES string of the molecule is C=CC=C(C)C=C(C)c1cccc(C2CC(C3CCC(CC(=O)C(C)=CC=CC)CC3)CC2=O)c1. The Morgan fingerprint density at radius 2 is 1.80 bits per heavy atom. The first-order chi connectivity index (χ1) is 16.8. The van der Waals surface area contributed by atoms with Crippen LogP contribution in [-0.4, -0.2) is 11.6 Å². The van der Waals surface area contributed by atoms with Crippen molar-refractivity contribution in [3.63, 3.8) is 0 Å². The predicted octanol–water partition coefficient (Wildman–Crippen LogP) is 8.57. The highest BCUT2D eigenvalue weighted by atomic mass is 16.1. The van der Waals surface area contributed by atoms with Gasteiger partial charge in [-0.15, -0.1) is 0 Å². The van der Waals surface area contributed by atoms with Gasteiger partial charge in [-0.3, -0.25) is 9.59 Å². The summed E-state index contributed by atoms with van der Waals surface area (Å²) in [7, 11) is 0. The lowest BCUT2D eigenvalue weighted by Crippen LogP contribution is -2.22. The van der Waals surface area contributed by atoms with Gasteiger partial charge < -0.3 is 0 Å². The molecule has 2 nitrogen and oxygen atoms in total. The van der Waals surface area contributed by atoms with Crippen molar-refractivity contribution in [3.8, 4) is 0 Å². The lowest BCUT2D eigenvalue weighted by molar-refractivity contribution is -0.119. The molecule has 1 aromatic carbocycles. The molecule has 2 aliphatic carbocycles. The lowest BCUT2D eigenvalue weighted by Gasteiger charge is -2.32. The highest BCUT2D eigenvalue weighted by Gasteiger charge is 2.39. The molecule has 186 valence electrons. The maximum Gasteiger partial charge on any atom is 0.158 e. The van der Waals surface area contributed by atoms with Crippen molar-refractivity contribution in [1.29, 1.82) is 0 Å². The summed E-state index contributed by atoms with van der Waals surface area (Å²) in [6, 6.07) is 8.56. The Labute approximate surface area is 212 Å². The van der Waals surface area contributed by atoms with Crippen LogP contribution in [0.5, 0.6) is 0 Å². The number of benzene rings is 1. The van der Waals surface area contributed by atoms with Gasteiger partial charge in [0.05, 0.1) is 0 Å². The van der Waals surface area contributed by atoms with E-state index in [0.717, 1.165) is 43.2 Å². The van der Waals surface area contributed by atoms with Crippen LogP contribution in [0.1, 0.15) is 89.7 Å². The minimum Gasteiger partial charge on any atom is -0.299 e. The van der Waals surface area contributed by atoms with E-state index in [1.165, 1.54) is 16.7 Å². The highest BCUT2D eigenvalue weighted by Crippen LogP contribution is 2.45. The summed E-state index contributed by atoms with van der Waals surface area (Å²) in [5.41, 5.74) is 5.57. The molecule has 0 saturated heterocycles. The van der Waals surface area contributed by atoms with Crippen LogP contribution in [0.3, 0.4) is 0 Å². The normalized spacial score (nSPS) is 26.4. The van der Waals surface area contributed by atoms with Crippen molar-refractivity contribution in [2.24, 2.45) is 17.8 Å². The van der Waals surface area contributed by atoms with Gasteiger partial charge in [0, 0.05) is 18.8 Å². The molecule has 0 bridgehead atoms. The Bertz CT molecular complexity index is 1040. The van der Waals surface area contributed by atoms with Crippen molar-refractivity contribution in [3.05, 3.63) is 89.6 Å². The van der Waals surface area contributed by atoms with Gasteiger partial charge in [-0.2, -0.15) is 0 Å². The summed E-state index contributed by atoms with van der Waals surface area (Å²) >= 11 is 0. The topological polar surface area (TPSA) is 34.1 Å². The quantitative estimate of drug-likeness (QED) is 0.267. The first kappa shape index (κ1) is 26.9. The van der Waals surface area contributed by atoms with Crippen molar-refractivity contribution in [2.75, 3.05) is 0 Å². The Hall–Kier alpha value is -2.74. The first-order valence-electron chi connectivity index (χ1n) is 13.3. The third-order valence-corrected chi connectivity index (χ3v) is 7.97. The maximum atomic E-state index is 13.1. The molecule has 0 spiro atoms. The maximum absolute atomic E-state index is 13.1. The van der Waals surface area contributed by atoms with Gasteiger partial charge in [0.25, 0.3) is 0 Å². The van der Waals surface area contributed by atoms with Crippen LogP contribution in [0.15, 0.2) is 78.4 Å². The van der Waals surface area contributed by atoms with Crippen LogP contribution in [0.25, 0.3) is 5.57 Å². The van der Waals surface area contributed by atoms with E-state index in [-0.39, 0.29) is 11.7 Å². The van der Waals surface area contributed by atoms with Crippen molar-refractivity contribution in [2.45, 2.75) is 78.6 Å². The molecule has 2 saturated carbocycles. The van der Waals surface area contributed by atoms with Gasteiger partial charge in [-0.05, 0) is 99.8 Å². The number of Topliss-reactive ketones (excluding diaryl/α,β-unsaturated/α-hetero) is 2. The van der Waals surface area contributed by atoms with E-state index in [0.29, 0.717) is 36.4 Å². The minimum absolute atomic E-state index is 0.0243. The first-order valence-corrected chi connectivity index (χ1v) is 13.3. The van der Waals surface area contributed by atoms with E-state index in [4.69, 9.17) is 0 Å². The number of rotatable bonds is 9. The van der Waals surface area contributed by atoms with Gasteiger partial charge in [-0.1, -0.05) is 72.9 Å². The molecule has 3 rings (SSSR count). The lowest BCUT2D eigenvalue weighted by atomic mass is 9.73. The number of carbonyl (C=O) groups excluding carboxylic acids is 2. The summed E-state index contributed by atoms with van der Waals surface area (Å²) in [4.78, 5) is 25.6. The summed E-state index contributed by atoms with van der Waals surface area (Å²) in [5, 5.41) is 0. The molecule has 35 heavy (non-hydrogen) atoms. The molecule has 2 aliphatic rings. The molecule has 0 aromatic heterocycles. The number of allylic oxidation sites excluding steroid dienone is 9. The number of hydrogen-bond acceptors (Lipinski definition) is 2. The van der Waals surface area contributed by atoms with E-state index >= 15 is 0 Å². The Kier molecular flexibility index (Phi) is 9.83. The summed E-state index contributed by atoms with van der Waals surface area (Å²) in [6.07, 6.45) is 18.7. The second kappa shape index (κ2) is 12.8. The zero-order valence-corrected chi connectivity index (χ0v) is 22.1. The van der Waals surface area contributed by atoms with E-state index in [2.05, 4.69) is 50.8 Å². The highest BCUT2D eigenvalue weighted by molar-refractivity contribution is 5.95. The molecule has 0 radical (unpaired) electrons. The monoisotopic (exact) mass is 470 g/mol. The molecule has 2 unspecified atom stereocenters. The van der Waals surface area contributed by atoms with E-state index in [1.807, 2.05) is 44.2 Å². The summed E-state index contributed by atoms with van der Waals surface area (Å²) < 4.78 is 0. The number of carbonyl (C=O) groups is 2. The molecule has 2 fully saturated rings. The molecular formula is C33H42O2. The van der Waals surface area contributed by atoms with Crippen LogP contribution in [0.2, 0.25) is 0 Å². The predicted molar refractivity (Wildman–Crippen MR) is 148 cm³/mol. The third-order valence-electron chi connectivity index (χ3n) is 7.97. The van der Waals surface area contributed by atoms with Crippen LogP contribution in [0.4, 0.5) is 0 Å². The molecule has 0 heterocycles. The molecule has 2 atom stereocenters. The van der Waals surface area contributed by atoms with Gasteiger partial charge in [0.1, 0.15) is 5.78 Å². The number of ketones is 2. The van der Waals surface area contributed by atoms with Crippen LogP contribution in [0, 0.1) is 17.8 Å². The molecule has 0 N–H and O–H groups in total. The van der Waals surface area contributed by atoms with E-state index < -0.39 is 0 Å². The summed E-state index contributed by atoms with van der Waals surface area (Å²) in [5.74, 6) is 2.30. The Morgan fingerprint density at radius 1 is 1.06 bits per heavy atom. The third kappa shape index (κ3) is 7.37. The van der Waals surface area contributed by atoms with Crippen LogP contribution in [-0.2, 0) is 9.59 Å². The molecule has 2 heteroatoms. The second-order valence-electron chi connectivity index (χ2n) is 10.6. The van der Waals surface area contributed by atoms with Gasteiger partial charge in [0.2, 0.25) is 0 Å². The molecule has 0 aliphatic heterocycles. The standard InChI is InChI=1S/C33H42O2/c1-6-8-11-24(4)32(34)19-26-14-16-27(17-15-26)30-21-31(33(35)22-30)29-13-9-12-28(20-29)25(5)18-23(3)10-7-2/h6-13,18,20,26-27,30-31H,2,14-17,19,21-22H2,1,3-5H3. The zero-order valence-electron chi connectivity index (χ0n) is 22.1. The van der Waals surface area contributed by atoms with E-state index in [1.54, 1.807) is 0 Å². The average molecular weight is 471 g/mol. The Balaban J connectivity index is 1.59. The van der Waals surface area contributed by atoms with Crippen molar-refractivity contribution >= 4 is 17.1 Å². The fourth-order valence-corrected chi connectivity index (χ4v) is 5.88. The minimum atomic E-state index is 0.0243. The fraction of sp³-hybridized carbons (Fsp3) is 0.455. The zero-order chi connectivity index (χ0) is 25.4. The number of hydrogen-bond donors (Lipinski definition) is 0. The van der Waals surface area contributed by atoms with Crippen LogP contribution >= 0.6 is 0 Å². The molecular weight excluding hydrogens is 428 g/mol. The smallest absolute Gasteiger partial charge is 0.158 e. The molecule has 0 amide bonds. The van der Waals surface area contributed by atoms with Crippen molar-refractivity contribution < 1.29 is 9.59 Å². The van der Waals surface area contributed by atoms with Gasteiger partial charge >= 0.3 is 0 Å². The van der Waals surface area contributed by atoms with Gasteiger partial charge in [-0.25, -0.2) is 0 Å². The van der Waals surface area contributed by atoms with Crippen LogP contribution < -0.4 is 0 Å². The largest absolute Gasteiger partial charge is 0.299 e. The summed E-state index contributed by atoms with van der Waals surface area (Å²) in [6.45, 7) is 11.9. The van der Waals surface area contributed by atoms with Crippen molar-refractivity contribution in [1.82, 2.24) is 0 Å².